The van der Waals surface area contributed by atoms with Crippen molar-refractivity contribution in [2.75, 3.05) is 26.2 Å². The van der Waals surface area contributed by atoms with Crippen molar-refractivity contribution in [1.82, 2.24) is 9.80 Å². The van der Waals surface area contributed by atoms with Gasteiger partial charge in [-0.05, 0) is 37.1 Å². The number of amides is 2. The van der Waals surface area contributed by atoms with E-state index >= 15 is 0 Å². The number of carbonyl (C=O) groups is 2. The Morgan fingerprint density at radius 2 is 1.41 bits per heavy atom. The van der Waals surface area contributed by atoms with E-state index < -0.39 is 17.3 Å². The molecule has 1 saturated carbocycles. The molecule has 1 aromatic carbocycles. The smallest absolute Gasteiger partial charge is 0.338 e. The monoisotopic (exact) mass is 405 g/mol. The quantitative estimate of drug-likeness (QED) is 0.822. The molecule has 2 aliphatic rings. The minimum Gasteiger partial charge on any atom is -0.338 e. The zero-order chi connectivity index (χ0) is 18.9. The van der Waals surface area contributed by atoms with E-state index in [-0.39, 0.29) is 29.8 Å². The first-order valence-corrected chi connectivity index (χ1v) is 8.75. The second-order valence-corrected chi connectivity index (χ2v) is 7.02. The summed E-state index contributed by atoms with van der Waals surface area (Å²) in [5.74, 6) is -0.384. The van der Waals surface area contributed by atoms with E-state index in [9.17, 15) is 22.8 Å². The van der Waals surface area contributed by atoms with Gasteiger partial charge in [0.15, 0.2) is 0 Å². The standard InChI is InChI=1S/C18H22F3N3O2.ClH/c19-18(20,21)14-5-3-13(4-6-14)15(25)23-9-11-24(12-10-23)16(26)17(22)7-1-2-8-17;/h3-6H,1-2,7-12,22H2;1H. The second kappa shape index (κ2) is 8.06. The molecular formula is C18H23ClF3N3O2. The number of nitrogens with two attached hydrogens (primary N) is 1. The van der Waals surface area contributed by atoms with Gasteiger partial charge in [0.1, 0.15) is 0 Å². The van der Waals surface area contributed by atoms with Crippen LogP contribution in [0.5, 0.6) is 0 Å². The van der Waals surface area contributed by atoms with Gasteiger partial charge >= 0.3 is 6.18 Å². The van der Waals surface area contributed by atoms with Crippen LogP contribution < -0.4 is 5.73 Å². The molecule has 0 aromatic heterocycles. The highest BCUT2D eigenvalue weighted by Crippen LogP contribution is 2.30. The van der Waals surface area contributed by atoms with E-state index in [4.69, 9.17) is 5.73 Å². The van der Waals surface area contributed by atoms with Gasteiger partial charge in [0.25, 0.3) is 5.91 Å². The van der Waals surface area contributed by atoms with Crippen molar-refractivity contribution in [3.63, 3.8) is 0 Å². The number of alkyl halides is 3. The van der Waals surface area contributed by atoms with Crippen molar-refractivity contribution in [3.8, 4) is 0 Å². The SMILES string of the molecule is Cl.NC1(C(=O)N2CCN(C(=O)c3ccc(C(F)(F)F)cc3)CC2)CCCC1. The van der Waals surface area contributed by atoms with Crippen LogP contribution in [0.4, 0.5) is 13.2 Å². The van der Waals surface area contributed by atoms with Crippen molar-refractivity contribution in [1.29, 1.82) is 0 Å². The number of piperazine rings is 1. The molecule has 2 N–H and O–H groups in total. The molecule has 9 heteroatoms. The van der Waals surface area contributed by atoms with Gasteiger partial charge in [-0.15, -0.1) is 12.4 Å². The summed E-state index contributed by atoms with van der Waals surface area (Å²) < 4.78 is 37.8. The lowest BCUT2D eigenvalue weighted by atomic mass is 9.97. The summed E-state index contributed by atoms with van der Waals surface area (Å²) >= 11 is 0. The number of carbonyl (C=O) groups excluding carboxylic acids is 2. The molecular weight excluding hydrogens is 383 g/mol. The van der Waals surface area contributed by atoms with Crippen LogP contribution in [0.25, 0.3) is 0 Å². The van der Waals surface area contributed by atoms with Crippen molar-refractivity contribution in [2.24, 2.45) is 5.73 Å². The molecule has 1 aliphatic heterocycles. The van der Waals surface area contributed by atoms with E-state index in [2.05, 4.69) is 0 Å². The van der Waals surface area contributed by atoms with Crippen LogP contribution in [0.3, 0.4) is 0 Å². The molecule has 0 spiro atoms. The van der Waals surface area contributed by atoms with Gasteiger partial charge in [-0.2, -0.15) is 13.2 Å². The lowest BCUT2D eigenvalue weighted by Gasteiger charge is -2.38. The van der Waals surface area contributed by atoms with Crippen LogP contribution in [0.15, 0.2) is 24.3 Å². The van der Waals surface area contributed by atoms with E-state index in [1.54, 1.807) is 9.80 Å². The fourth-order valence-electron chi connectivity index (χ4n) is 3.63. The maximum atomic E-state index is 12.6. The number of benzene rings is 1. The number of rotatable bonds is 2. The van der Waals surface area contributed by atoms with Crippen molar-refractivity contribution >= 4 is 24.2 Å². The number of hydrogen-bond donors (Lipinski definition) is 1. The third-order valence-electron chi connectivity index (χ3n) is 5.23. The topological polar surface area (TPSA) is 66.6 Å². The molecule has 1 aliphatic carbocycles. The lowest BCUT2D eigenvalue weighted by molar-refractivity contribution is -0.138. The third-order valence-corrected chi connectivity index (χ3v) is 5.23. The van der Waals surface area contributed by atoms with E-state index in [1.165, 1.54) is 12.1 Å². The Morgan fingerprint density at radius 1 is 0.926 bits per heavy atom. The molecule has 1 saturated heterocycles. The molecule has 2 fully saturated rings. The first-order chi connectivity index (χ1) is 12.2. The Hall–Kier alpha value is -1.80. The Labute approximate surface area is 162 Å². The molecule has 0 radical (unpaired) electrons. The predicted molar refractivity (Wildman–Crippen MR) is 96.6 cm³/mol. The summed E-state index contributed by atoms with van der Waals surface area (Å²) in [4.78, 5) is 28.3. The molecule has 0 bridgehead atoms. The summed E-state index contributed by atoms with van der Waals surface area (Å²) in [7, 11) is 0. The molecule has 150 valence electrons. The van der Waals surface area contributed by atoms with Crippen LogP contribution in [0, 0.1) is 0 Å². The van der Waals surface area contributed by atoms with E-state index in [1.807, 2.05) is 0 Å². The zero-order valence-electron chi connectivity index (χ0n) is 14.8. The minimum atomic E-state index is -4.42. The van der Waals surface area contributed by atoms with Gasteiger partial charge in [0.05, 0.1) is 11.1 Å². The summed E-state index contributed by atoms with van der Waals surface area (Å²) in [5.41, 5.74) is 4.86. The molecule has 2 amide bonds. The average molecular weight is 406 g/mol. The summed E-state index contributed by atoms with van der Waals surface area (Å²) in [6.07, 6.45) is -1.14. The summed E-state index contributed by atoms with van der Waals surface area (Å²) in [6, 6.07) is 4.20. The Balaban J connectivity index is 0.00000261. The summed E-state index contributed by atoms with van der Waals surface area (Å²) in [6.45, 7) is 1.48. The third kappa shape index (κ3) is 4.55. The largest absolute Gasteiger partial charge is 0.416 e. The second-order valence-electron chi connectivity index (χ2n) is 7.02. The fraction of sp³-hybridized carbons (Fsp3) is 0.556. The van der Waals surface area contributed by atoms with Gasteiger partial charge in [-0.1, -0.05) is 12.8 Å². The highest BCUT2D eigenvalue weighted by molar-refractivity contribution is 5.94. The highest BCUT2D eigenvalue weighted by atomic mass is 35.5. The number of hydrogen-bond acceptors (Lipinski definition) is 3. The zero-order valence-corrected chi connectivity index (χ0v) is 15.6. The molecule has 1 aromatic rings. The highest BCUT2D eigenvalue weighted by Gasteiger charge is 2.41. The van der Waals surface area contributed by atoms with Gasteiger partial charge in [0, 0.05) is 31.7 Å². The van der Waals surface area contributed by atoms with E-state index in [0.29, 0.717) is 39.0 Å². The van der Waals surface area contributed by atoms with E-state index in [0.717, 1.165) is 25.0 Å². The number of nitrogens with zero attached hydrogens (tertiary/aromatic N) is 2. The van der Waals surface area contributed by atoms with Crippen LogP contribution in [-0.4, -0.2) is 53.3 Å². The summed E-state index contributed by atoms with van der Waals surface area (Å²) in [5, 5.41) is 0. The maximum absolute atomic E-state index is 12.6. The Kier molecular flexibility index (Phi) is 6.42. The van der Waals surface area contributed by atoms with Crippen molar-refractivity contribution in [2.45, 2.75) is 37.4 Å². The molecule has 5 nitrogen and oxygen atoms in total. The van der Waals surface area contributed by atoms with Crippen LogP contribution in [0.2, 0.25) is 0 Å². The first-order valence-electron chi connectivity index (χ1n) is 8.75. The van der Waals surface area contributed by atoms with Crippen LogP contribution in [-0.2, 0) is 11.0 Å². The van der Waals surface area contributed by atoms with Crippen LogP contribution in [0.1, 0.15) is 41.6 Å². The first kappa shape index (κ1) is 21.5. The Bertz CT molecular complexity index is 680. The van der Waals surface area contributed by atoms with Gasteiger partial charge < -0.3 is 15.5 Å². The van der Waals surface area contributed by atoms with Crippen molar-refractivity contribution in [3.05, 3.63) is 35.4 Å². The Morgan fingerprint density at radius 3 is 1.89 bits per heavy atom. The lowest BCUT2D eigenvalue weighted by Crippen LogP contribution is -2.59. The number of halogens is 4. The normalized spacial score (nSPS) is 19.6. The van der Waals surface area contributed by atoms with Gasteiger partial charge in [0.2, 0.25) is 5.91 Å². The maximum Gasteiger partial charge on any atom is 0.416 e. The molecule has 0 unspecified atom stereocenters. The van der Waals surface area contributed by atoms with Crippen molar-refractivity contribution < 1.29 is 22.8 Å². The molecule has 0 atom stereocenters. The van der Waals surface area contributed by atoms with Gasteiger partial charge in [-0.25, -0.2) is 0 Å². The van der Waals surface area contributed by atoms with Crippen LogP contribution >= 0.6 is 12.4 Å². The predicted octanol–water partition coefficient (Wildman–Crippen LogP) is 2.68. The molecule has 3 rings (SSSR count). The fourth-order valence-corrected chi connectivity index (χ4v) is 3.63. The minimum absolute atomic E-state index is 0. The molecule has 27 heavy (non-hydrogen) atoms. The average Bonchev–Trinajstić information content (AvgIpc) is 3.08. The molecule has 1 heterocycles. The van der Waals surface area contributed by atoms with Gasteiger partial charge in [-0.3, -0.25) is 9.59 Å².